The summed E-state index contributed by atoms with van der Waals surface area (Å²) in [6.07, 6.45) is 6.90. The molecule has 1 aliphatic rings. The molecule has 1 fully saturated rings. The maximum absolute atomic E-state index is 12.1. The lowest BCUT2D eigenvalue weighted by Crippen LogP contribution is -2.43. The first-order chi connectivity index (χ1) is 10.3. The maximum atomic E-state index is 12.1. The van der Waals surface area contributed by atoms with Gasteiger partial charge in [-0.25, -0.2) is 0 Å². The van der Waals surface area contributed by atoms with Crippen LogP contribution in [0.2, 0.25) is 0 Å². The molecule has 21 heavy (non-hydrogen) atoms. The monoisotopic (exact) mass is 284 g/mol. The predicted molar refractivity (Wildman–Crippen MR) is 82.0 cm³/mol. The summed E-state index contributed by atoms with van der Waals surface area (Å²) in [6.45, 7) is 1.67. The molecule has 110 valence electrons. The van der Waals surface area contributed by atoms with Crippen molar-refractivity contribution in [2.24, 2.45) is 0 Å². The Bertz CT molecular complexity index is 571. The molecule has 0 saturated carbocycles. The minimum atomic E-state index is -0.0532. The lowest BCUT2D eigenvalue weighted by atomic mass is 10.0. The molecule has 3 rings (SSSR count). The molecule has 1 aliphatic heterocycles. The molecule has 0 unspecified atom stereocenters. The maximum Gasteiger partial charge on any atom is 0.241 e. The molecule has 0 aliphatic carbocycles. The van der Waals surface area contributed by atoms with E-state index in [1.54, 1.807) is 6.20 Å². The minimum absolute atomic E-state index is 0.0532. The smallest absolute Gasteiger partial charge is 0.241 e. The van der Waals surface area contributed by atoms with Gasteiger partial charge in [-0.1, -0.05) is 18.6 Å². The van der Waals surface area contributed by atoms with Gasteiger partial charge in [0.05, 0.1) is 12.6 Å². The normalized spacial score (nSPS) is 18.4. The molecule has 5 nitrogen and oxygen atoms in total. The quantitative estimate of drug-likeness (QED) is 0.903. The predicted octanol–water partition coefficient (Wildman–Crippen LogP) is 2.01. The van der Waals surface area contributed by atoms with Crippen LogP contribution < -0.4 is 10.6 Å². The van der Waals surface area contributed by atoms with Gasteiger partial charge in [-0.05, 0) is 43.1 Å². The number of benzene rings is 1. The summed E-state index contributed by atoms with van der Waals surface area (Å²) in [5, 5.41) is 10.4. The van der Waals surface area contributed by atoms with Crippen molar-refractivity contribution in [2.75, 3.05) is 11.9 Å². The van der Waals surface area contributed by atoms with Crippen molar-refractivity contribution in [2.45, 2.75) is 31.8 Å². The Morgan fingerprint density at radius 2 is 2.19 bits per heavy atom. The highest BCUT2D eigenvalue weighted by Crippen LogP contribution is 2.13. The van der Waals surface area contributed by atoms with Gasteiger partial charge >= 0.3 is 0 Å². The Hall–Kier alpha value is -2.14. The van der Waals surface area contributed by atoms with E-state index in [-0.39, 0.29) is 11.9 Å². The molecule has 1 saturated heterocycles. The van der Waals surface area contributed by atoms with Crippen LogP contribution in [-0.4, -0.2) is 28.3 Å². The van der Waals surface area contributed by atoms with Gasteiger partial charge in [0, 0.05) is 18.1 Å². The van der Waals surface area contributed by atoms with E-state index in [9.17, 15) is 4.79 Å². The number of amides is 1. The van der Waals surface area contributed by atoms with Gasteiger partial charge < -0.3 is 10.6 Å². The molecule has 1 atom stereocenters. The van der Waals surface area contributed by atoms with Crippen LogP contribution in [0.3, 0.4) is 0 Å². The van der Waals surface area contributed by atoms with Crippen molar-refractivity contribution in [3.8, 4) is 0 Å². The SMILES string of the molecule is O=C(Nc1ccc(Cn2cccn2)cc1)[C@H]1CCCCN1. The summed E-state index contributed by atoms with van der Waals surface area (Å²) < 4.78 is 1.87. The van der Waals surface area contributed by atoms with Crippen LogP contribution in [0.25, 0.3) is 0 Å². The van der Waals surface area contributed by atoms with E-state index in [0.29, 0.717) is 0 Å². The fourth-order valence-electron chi connectivity index (χ4n) is 2.58. The lowest BCUT2D eigenvalue weighted by Gasteiger charge is -2.22. The second kappa shape index (κ2) is 6.54. The standard InChI is InChI=1S/C16H20N4O/c21-16(15-4-1-2-9-17-15)19-14-7-5-13(6-8-14)12-20-11-3-10-18-20/h3,5-8,10-11,15,17H,1-2,4,9,12H2,(H,19,21)/t15-/m1/s1. The molecule has 2 heterocycles. The van der Waals surface area contributed by atoms with Crippen LogP contribution in [0.15, 0.2) is 42.7 Å². The number of rotatable bonds is 4. The van der Waals surface area contributed by atoms with Gasteiger partial charge in [0.2, 0.25) is 5.91 Å². The first-order valence-electron chi connectivity index (χ1n) is 7.42. The highest BCUT2D eigenvalue weighted by molar-refractivity contribution is 5.94. The summed E-state index contributed by atoms with van der Waals surface area (Å²) in [5.41, 5.74) is 2.00. The first-order valence-corrected chi connectivity index (χ1v) is 7.42. The van der Waals surface area contributed by atoms with Crippen LogP contribution in [0.5, 0.6) is 0 Å². The van der Waals surface area contributed by atoms with E-state index in [1.807, 2.05) is 41.2 Å². The molecule has 0 radical (unpaired) electrons. The lowest BCUT2D eigenvalue weighted by molar-refractivity contribution is -0.118. The Morgan fingerprint density at radius 1 is 1.33 bits per heavy atom. The number of anilines is 1. The fraction of sp³-hybridized carbons (Fsp3) is 0.375. The van der Waals surface area contributed by atoms with Gasteiger partial charge in [0.1, 0.15) is 0 Å². The van der Waals surface area contributed by atoms with E-state index in [0.717, 1.165) is 43.6 Å². The second-order valence-electron chi connectivity index (χ2n) is 5.39. The average molecular weight is 284 g/mol. The summed E-state index contributed by atoms with van der Waals surface area (Å²) in [4.78, 5) is 12.1. The molecule has 2 aromatic rings. The number of piperidine rings is 1. The Morgan fingerprint density at radius 3 is 2.86 bits per heavy atom. The number of aromatic nitrogens is 2. The number of nitrogens with one attached hydrogen (secondary N) is 2. The van der Waals surface area contributed by atoms with Gasteiger partial charge in [-0.15, -0.1) is 0 Å². The van der Waals surface area contributed by atoms with Crippen molar-refractivity contribution < 1.29 is 4.79 Å². The minimum Gasteiger partial charge on any atom is -0.325 e. The number of nitrogens with zero attached hydrogens (tertiary/aromatic N) is 2. The highest BCUT2D eigenvalue weighted by atomic mass is 16.2. The van der Waals surface area contributed by atoms with E-state index < -0.39 is 0 Å². The number of hydrogen-bond donors (Lipinski definition) is 2. The Kier molecular flexibility index (Phi) is 4.31. The van der Waals surface area contributed by atoms with Crippen LogP contribution in [-0.2, 0) is 11.3 Å². The third-order valence-corrected chi connectivity index (χ3v) is 3.75. The van der Waals surface area contributed by atoms with Crippen LogP contribution in [0.4, 0.5) is 5.69 Å². The summed E-state index contributed by atoms with van der Waals surface area (Å²) in [6, 6.07) is 9.78. The molecular weight excluding hydrogens is 264 g/mol. The van der Waals surface area contributed by atoms with Crippen molar-refractivity contribution in [1.29, 1.82) is 0 Å². The van der Waals surface area contributed by atoms with Crippen LogP contribution >= 0.6 is 0 Å². The molecule has 0 spiro atoms. The Balaban J connectivity index is 1.57. The number of hydrogen-bond acceptors (Lipinski definition) is 3. The van der Waals surface area contributed by atoms with E-state index in [1.165, 1.54) is 0 Å². The van der Waals surface area contributed by atoms with Crippen LogP contribution in [0, 0.1) is 0 Å². The van der Waals surface area contributed by atoms with Crippen molar-refractivity contribution >= 4 is 11.6 Å². The summed E-state index contributed by atoms with van der Waals surface area (Å²) >= 11 is 0. The second-order valence-corrected chi connectivity index (χ2v) is 5.39. The van der Waals surface area contributed by atoms with E-state index in [2.05, 4.69) is 15.7 Å². The van der Waals surface area contributed by atoms with E-state index in [4.69, 9.17) is 0 Å². The van der Waals surface area contributed by atoms with Crippen molar-refractivity contribution in [1.82, 2.24) is 15.1 Å². The van der Waals surface area contributed by atoms with Crippen molar-refractivity contribution in [3.05, 3.63) is 48.3 Å². The third kappa shape index (κ3) is 3.70. The van der Waals surface area contributed by atoms with Crippen molar-refractivity contribution in [3.63, 3.8) is 0 Å². The zero-order valence-corrected chi connectivity index (χ0v) is 12.0. The molecule has 0 bridgehead atoms. The Labute approximate surface area is 124 Å². The largest absolute Gasteiger partial charge is 0.325 e. The highest BCUT2D eigenvalue weighted by Gasteiger charge is 2.20. The number of carbonyl (C=O) groups is 1. The third-order valence-electron chi connectivity index (χ3n) is 3.75. The van der Waals surface area contributed by atoms with Gasteiger partial charge in [0.15, 0.2) is 0 Å². The molecule has 5 heteroatoms. The summed E-state index contributed by atoms with van der Waals surface area (Å²) in [5.74, 6) is 0.0644. The molecule has 1 aromatic heterocycles. The summed E-state index contributed by atoms with van der Waals surface area (Å²) in [7, 11) is 0. The average Bonchev–Trinajstić information content (AvgIpc) is 3.03. The van der Waals surface area contributed by atoms with Crippen LogP contribution in [0.1, 0.15) is 24.8 Å². The molecular formula is C16H20N4O. The first kappa shape index (κ1) is 13.8. The molecule has 1 aromatic carbocycles. The van der Waals surface area contributed by atoms with Gasteiger partial charge in [0.25, 0.3) is 0 Å². The topological polar surface area (TPSA) is 59.0 Å². The van der Waals surface area contributed by atoms with Gasteiger partial charge in [-0.3, -0.25) is 9.48 Å². The number of carbonyl (C=O) groups excluding carboxylic acids is 1. The van der Waals surface area contributed by atoms with Gasteiger partial charge in [-0.2, -0.15) is 5.10 Å². The molecule has 1 amide bonds. The zero-order valence-electron chi connectivity index (χ0n) is 12.0. The fourth-order valence-corrected chi connectivity index (χ4v) is 2.58. The molecule has 2 N–H and O–H groups in total. The zero-order chi connectivity index (χ0) is 14.5. The van der Waals surface area contributed by atoms with E-state index >= 15 is 0 Å².